The number of carbonyl (C=O) groups excluding carboxylic acids is 1. The highest BCUT2D eigenvalue weighted by molar-refractivity contribution is 5.67. The lowest BCUT2D eigenvalue weighted by Crippen LogP contribution is -2.38. The van der Waals surface area contributed by atoms with E-state index in [0.29, 0.717) is 26.2 Å². The second-order valence-electron chi connectivity index (χ2n) is 4.34. The highest BCUT2D eigenvalue weighted by Gasteiger charge is 2.21. The summed E-state index contributed by atoms with van der Waals surface area (Å²) in [4.78, 5) is 13.4. The van der Waals surface area contributed by atoms with E-state index < -0.39 is 6.10 Å². The Morgan fingerprint density at radius 2 is 2.22 bits per heavy atom. The molecule has 1 atom stereocenters. The third-order valence-electron chi connectivity index (χ3n) is 2.83. The molecule has 0 unspecified atom stereocenters. The SMILES string of the molecule is O=C(OCc1ccccc1)N1CCNC[C@H](O)C1. The molecule has 5 heteroatoms. The second kappa shape index (κ2) is 6.37. The summed E-state index contributed by atoms with van der Waals surface area (Å²) in [7, 11) is 0. The third-order valence-corrected chi connectivity index (χ3v) is 2.83. The van der Waals surface area contributed by atoms with Crippen LogP contribution in [0.4, 0.5) is 4.79 Å². The summed E-state index contributed by atoms with van der Waals surface area (Å²) >= 11 is 0. The number of benzene rings is 1. The Labute approximate surface area is 106 Å². The number of nitrogens with zero attached hydrogens (tertiary/aromatic N) is 1. The zero-order valence-electron chi connectivity index (χ0n) is 10.2. The first-order chi connectivity index (χ1) is 8.75. The number of nitrogens with one attached hydrogen (secondary N) is 1. The lowest BCUT2D eigenvalue weighted by atomic mass is 10.2. The number of amides is 1. The van der Waals surface area contributed by atoms with E-state index in [2.05, 4.69) is 5.32 Å². The molecule has 2 N–H and O–H groups in total. The second-order valence-corrected chi connectivity index (χ2v) is 4.34. The van der Waals surface area contributed by atoms with Gasteiger partial charge in [-0.25, -0.2) is 4.79 Å². The van der Waals surface area contributed by atoms with Gasteiger partial charge < -0.3 is 20.1 Å². The molecule has 1 saturated heterocycles. The van der Waals surface area contributed by atoms with Gasteiger partial charge in [-0.3, -0.25) is 0 Å². The summed E-state index contributed by atoms with van der Waals surface area (Å²) in [6, 6.07) is 9.55. The number of β-amino-alcohol motifs (C(OH)–C–C–N with tert-alkyl or cyclic N) is 1. The average molecular weight is 250 g/mol. The highest BCUT2D eigenvalue weighted by Crippen LogP contribution is 2.04. The smallest absolute Gasteiger partial charge is 0.410 e. The van der Waals surface area contributed by atoms with Crippen molar-refractivity contribution in [1.82, 2.24) is 10.2 Å². The van der Waals surface area contributed by atoms with Crippen LogP contribution in [-0.4, -0.2) is 48.4 Å². The van der Waals surface area contributed by atoms with Gasteiger partial charge in [0.1, 0.15) is 6.61 Å². The molecule has 0 spiro atoms. The molecule has 0 aliphatic carbocycles. The summed E-state index contributed by atoms with van der Waals surface area (Å²) in [5, 5.41) is 12.6. The van der Waals surface area contributed by atoms with Gasteiger partial charge in [-0.1, -0.05) is 30.3 Å². The molecule has 1 fully saturated rings. The van der Waals surface area contributed by atoms with E-state index in [1.54, 1.807) is 0 Å². The summed E-state index contributed by atoms with van der Waals surface area (Å²) in [6.45, 7) is 2.34. The Morgan fingerprint density at radius 3 is 3.00 bits per heavy atom. The normalized spacial score (nSPS) is 20.3. The van der Waals surface area contributed by atoms with Crippen molar-refractivity contribution in [1.29, 1.82) is 0 Å². The number of hydrogen-bond acceptors (Lipinski definition) is 4. The predicted octanol–water partition coefficient (Wildman–Crippen LogP) is 0.589. The maximum atomic E-state index is 11.8. The monoisotopic (exact) mass is 250 g/mol. The van der Waals surface area contributed by atoms with Crippen LogP contribution < -0.4 is 5.32 Å². The fourth-order valence-corrected chi connectivity index (χ4v) is 1.87. The van der Waals surface area contributed by atoms with Crippen LogP contribution in [0.1, 0.15) is 5.56 Å². The van der Waals surface area contributed by atoms with Crippen molar-refractivity contribution in [3.63, 3.8) is 0 Å². The lowest BCUT2D eigenvalue weighted by molar-refractivity contribution is 0.0778. The minimum atomic E-state index is -0.531. The Kier molecular flexibility index (Phi) is 4.55. The van der Waals surface area contributed by atoms with Crippen LogP contribution in [0.3, 0.4) is 0 Å². The van der Waals surface area contributed by atoms with Gasteiger partial charge in [-0.05, 0) is 5.56 Å². The minimum Gasteiger partial charge on any atom is -0.445 e. The largest absolute Gasteiger partial charge is 0.445 e. The summed E-state index contributed by atoms with van der Waals surface area (Å²) in [5.74, 6) is 0. The first kappa shape index (κ1) is 12.9. The van der Waals surface area contributed by atoms with Gasteiger partial charge in [0.2, 0.25) is 0 Å². The summed E-state index contributed by atoms with van der Waals surface area (Å²) < 4.78 is 5.22. The van der Waals surface area contributed by atoms with Crippen LogP contribution in [0.25, 0.3) is 0 Å². The average Bonchev–Trinajstić information content (AvgIpc) is 2.62. The molecule has 5 nitrogen and oxygen atoms in total. The molecule has 18 heavy (non-hydrogen) atoms. The van der Waals surface area contributed by atoms with E-state index in [4.69, 9.17) is 4.74 Å². The standard InChI is InChI=1S/C13H18N2O3/c16-12-8-14-6-7-15(9-12)13(17)18-10-11-4-2-1-3-5-11/h1-5,12,14,16H,6-10H2/t12-/m0/s1. The number of hydrogen-bond donors (Lipinski definition) is 2. The van der Waals surface area contributed by atoms with Crippen molar-refractivity contribution in [2.45, 2.75) is 12.7 Å². The number of carbonyl (C=O) groups is 1. The molecular formula is C13H18N2O3. The molecular weight excluding hydrogens is 232 g/mol. The third kappa shape index (κ3) is 3.72. The van der Waals surface area contributed by atoms with E-state index in [9.17, 15) is 9.90 Å². The molecule has 0 aromatic heterocycles. The van der Waals surface area contributed by atoms with Gasteiger partial charge in [0.25, 0.3) is 0 Å². The number of aliphatic hydroxyl groups is 1. The van der Waals surface area contributed by atoms with Gasteiger partial charge in [-0.2, -0.15) is 0 Å². The van der Waals surface area contributed by atoms with Crippen LogP contribution in [0.2, 0.25) is 0 Å². The quantitative estimate of drug-likeness (QED) is 0.806. The number of ether oxygens (including phenoxy) is 1. The number of aliphatic hydroxyl groups excluding tert-OH is 1. The van der Waals surface area contributed by atoms with Gasteiger partial charge in [0.05, 0.1) is 12.6 Å². The van der Waals surface area contributed by atoms with Crippen LogP contribution in [0.5, 0.6) is 0 Å². The molecule has 1 heterocycles. The van der Waals surface area contributed by atoms with Crippen LogP contribution in [0.15, 0.2) is 30.3 Å². The van der Waals surface area contributed by atoms with E-state index >= 15 is 0 Å². The molecule has 0 saturated carbocycles. The van der Waals surface area contributed by atoms with Crippen molar-refractivity contribution in [3.05, 3.63) is 35.9 Å². The first-order valence-electron chi connectivity index (χ1n) is 6.10. The highest BCUT2D eigenvalue weighted by atomic mass is 16.6. The van der Waals surface area contributed by atoms with Crippen LogP contribution in [0, 0.1) is 0 Å². The van der Waals surface area contributed by atoms with Gasteiger partial charge in [0.15, 0.2) is 0 Å². The summed E-state index contributed by atoms with van der Waals surface area (Å²) in [6.07, 6.45) is -0.904. The van der Waals surface area contributed by atoms with Crippen molar-refractivity contribution in [2.24, 2.45) is 0 Å². The van der Waals surface area contributed by atoms with Gasteiger partial charge in [0, 0.05) is 19.6 Å². The molecule has 98 valence electrons. The Hall–Kier alpha value is -1.59. The summed E-state index contributed by atoms with van der Waals surface area (Å²) in [5.41, 5.74) is 0.958. The van der Waals surface area contributed by atoms with Crippen LogP contribution in [-0.2, 0) is 11.3 Å². The maximum Gasteiger partial charge on any atom is 0.410 e. The molecule has 0 bridgehead atoms. The van der Waals surface area contributed by atoms with Crippen molar-refractivity contribution in [2.75, 3.05) is 26.2 Å². The van der Waals surface area contributed by atoms with E-state index in [0.717, 1.165) is 5.56 Å². The Morgan fingerprint density at radius 1 is 1.44 bits per heavy atom. The van der Waals surface area contributed by atoms with Gasteiger partial charge >= 0.3 is 6.09 Å². The Bertz CT molecular complexity index is 383. The molecule has 1 aromatic carbocycles. The molecule has 1 aromatic rings. The molecule has 1 aliphatic rings. The van der Waals surface area contributed by atoms with Crippen molar-refractivity contribution < 1.29 is 14.6 Å². The Balaban J connectivity index is 1.83. The van der Waals surface area contributed by atoms with Crippen molar-refractivity contribution >= 4 is 6.09 Å². The zero-order valence-corrected chi connectivity index (χ0v) is 10.2. The van der Waals surface area contributed by atoms with Crippen molar-refractivity contribution in [3.8, 4) is 0 Å². The fourth-order valence-electron chi connectivity index (χ4n) is 1.87. The number of rotatable bonds is 2. The predicted molar refractivity (Wildman–Crippen MR) is 67.1 cm³/mol. The first-order valence-corrected chi connectivity index (χ1v) is 6.10. The molecule has 2 rings (SSSR count). The van der Waals surface area contributed by atoms with E-state index in [1.807, 2.05) is 30.3 Å². The minimum absolute atomic E-state index is 0.264. The molecule has 1 amide bonds. The zero-order chi connectivity index (χ0) is 12.8. The maximum absolute atomic E-state index is 11.8. The topological polar surface area (TPSA) is 61.8 Å². The van der Waals surface area contributed by atoms with Crippen LogP contribution >= 0.6 is 0 Å². The lowest BCUT2D eigenvalue weighted by Gasteiger charge is -2.21. The molecule has 0 radical (unpaired) electrons. The van der Waals surface area contributed by atoms with E-state index in [1.165, 1.54) is 4.90 Å². The molecule has 1 aliphatic heterocycles. The van der Waals surface area contributed by atoms with Gasteiger partial charge in [-0.15, -0.1) is 0 Å². The van der Waals surface area contributed by atoms with E-state index in [-0.39, 0.29) is 12.7 Å². The fraction of sp³-hybridized carbons (Fsp3) is 0.462.